The van der Waals surface area contributed by atoms with Crippen LogP contribution in [0, 0.1) is 0 Å². The summed E-state index contributed by atoms with van der Waals surface area (Å²) in [6.07, 6.45) is -1.75. The molecule has 0 aliphatic rings. The molecular formula is C16H14ClNO4. The van der Waals surface area contributed by atoms with Gasteiger partial charge in [-0.3, -0.25) is 4.79 Å². The van der Waals surface area contributed by atoms with E-state index in [0.29, 0.717) is 16.1 Å². The summed E-state index contributed by atoms with van der Waals surface area (Å²) in [7, 11) is 0. The summed E-state index contributed by atoms with van der Waals surface area (Å²) in [4.78, 5) is 23.3. The van der Waals surface area contributed by atoms with Crippen LogP contribution in [-0.2, 0) is 4.79 Å². The van der Waals surface area contributed by atoms with E-state index in [-0.39, 0.29) is 0 Å². The number of amides is 1. The average molecular weight is 320 g/mol. The minimum Gasteiger partial charge on any atom is -0.479 e. The number of rotatable bonds is 5. The molecule has 0 aliphatic heterocycles. The van der Waals surface area contributed by atoms with Crippen molar-refractivity contribution < 1.29 is 19.8 Å². The molecule has 0 aromatic heterocycles. The molecule has 0 unspecified atom stereocenters. The Bertz CT molecular complexity index is 658. The van der Waals surface area contributed by atoms with Crippen LogP contribution in [0.1, 0.15) is 22.0 Å². The lowest BCUT2D eigenvalue weighted by molar-refractivity contribution is -0.148. The van der Waals surface area contributed by atoms with Gasteiger partial charge in [-0.25, -0.2) is 4.79 Å². The summed E-state index contributed by atoms with van der Waals surface area (Å²) in [5, 5.41) is 21.9. The Balaban J connectivity index is 2.25. The smallest absolute Gasteiger partial charge is 0.335 e. The van der Waals surface area contributed by atoms with Gasteiger partial charge in [-0.05, 0) is 29.8 Å². The molecule has 0 heterocycles. The van der Waals surface area contributed by atoms with Gasteiger partial charge in [0.2, 0.25) is 0 Å². The van der Waals surface area contributed by atoms with Crippen molar-refractivity contribution in [3.05, 3.63) is 70.7 Å². The first kappa shape index (κ1) is 16.0. The Morgan fingerprint density at radius 3 is 2.14 bits per heavy atom. The summed E-state index contributed by atoms with van der Waals surface area (Å²) in [6.45, 7) is 0. The average Bonchev–Trinajstić information content (AvgIpc) is 2.53. The number of carboxylic acid groups (broad SMARTS) is 1. The quantitative estimate of drug-likeness (QED) is 0.789. The van der Waals surface area contributed by atoms with E-state index in [1.807, 2.05) is 0 Å². The number of carbonyl (C=O) groups is 2. The largest absolute Gasteiger partial charge is 0.479 e. The van der Waals surface area contributed by atoms with Crippen molar-refractivity contribution in [3.8, 4) is 0 Å². The molecule has 0 bridgehead atoms. The number of hydrogen-bond donors (Lipinski definition) is 3. The molecule has 6 heteroatoms. The van der Waals surface area contributed by atoms with Crippen molar-refractivity contribution >= 4 is 23.5 Å². The zero-order chi connectivity index (χ0) is 16.1. The number of nitrogens with one attached hydrogen (secondary N) is 1. The van der Waals surface area contributed by atoms with Gasteiger partial charge < -0.3 is 15.5 Å². The van der Waals surface area contributed by atoms with Crippen LogP contribution in [0.3, 0.4) is 0 Å². The zero-order valence-corrected chi connectivity index (χ0v) is 12.2. The van der Waals surface area contributed by atoms with Crippen LogP contribution in [0.5, 0.6) is 0 Å². The standard InChI is InChI=1S/C16H14ClNO4/c17-12-8-6-11(7-9-12)15(20)18-13(14(19)16(21)22)10-4-2-1-3-5-10/h1-9,13-14,19H,(H,18,20)(H,21,22)/t13-,14+/m0/s1. The molecule has 1 amide bonds. The van der Waals surface area contributed by atoms with E-state index in [4.69, 9.17) is 16.7 Å². The zero-order valence-electron chi connectivity index (χ0n) is 11.4. The molecule has 2 atom stereocenters. The van der Waals surface area contributed by atoms with E-state index in [9.17, 15) is 14.7 Å². The number of aliphatic carboxylic acids is 1. The Kier molecular flexibility index (Phi) is 5.14. The van der Waals surface area contributed by atoms with E-state index in [1.165, 1.54) is 12.1 Å². The Labute approximate surface area is 132 Å². The third-order valence-electron chi connectivity index (χ3n) is 3.12. The van der Waals surface area contributed by atoms with Gasteiger partial charge in [-0.15, -0.1) is 0 Å². The Hall–Kier alpha value is -2.37. The lowest BCUT2D eigenvalue weighted by Crippen LogP contribution is -2.40. The number of carbonyl (C=O) groups excluding carboxylic acids is 1. The van der Waals surface area contributed by atoms with Gasteiger partial charge in [-0.1, -0.05) is 41.9 Å². The third-order valence-corrected chi connectivity index (χ3v) is 3.37. The highest BCUT2D eigenvalue weighted by molar-refractivity contribution is 6.30. The first-order valence-electron chi connectivity index (χ1n) is 6.51. The van der Waals surface area contributed by atoms with Crippen LogP contribution in [0.15, 0.2) is 54.6 Å². The molecule has 0 spiro atoms. The highest BCUT2D eigenvalue weighted by Crippen LogP contribution is 2.18. The van der Waals surface area contributed by atoms with Crippen LogP contribution in [-0.4, -0.2) is 28.2 Å². The minimum atomic E-state index is -1.75. The number of hydrogen-bond acceptors (Lipinski definition) is 3. The summed E-state index contributed by atoms with van der Waals surface area (Å²) in [5.41, 5.74) is 0.822. The van der Waals surface area contributed by atoms with Crippen LogP contribution in [0.4, 0.5) is 0 Å². The van der Waals surface area contributed by atoms with Crippen LogP contribution in [0.2, 0.25) is 5.02 Å². The molecule has 2 aromatic rings. The molecule has 0 fully saturated rings. The van der Waals surface area contributed by atoms with Gasteiger partial charge in [0.05, 0.1) is 6.04 Å². The second kappa shape index (κ2) is 7.06. The fourth-order valence-electron chi connectivity index (χ4n) is 1.97. The second-order valence-corrected chi connectivity index (χ2v) is 5.09. The highest BCUT2D eigenvalue weighted by Gasteiger charge is 2.28. The predicted molar refractivity (Wildman–Crippen MR) is 81.7 cm³/mol. The molecule has 114 valence electrons. The van der Waals surface area contributed by atoms with Crippen molar-refractivity contribution in [3.63, 3.8) is 0 Å². The summed E-state index contributed by atoms with van der Waals surface area (Å²) < 4.78 is 0. The fourth-order valence-corrected chi connectivity index (χ4v) is 2.10. The number of benzene rings is 2. The molecule has 2 aromatic carbocycles. The van der Waals surface area contributed by atoms with Crippen LogP contribution in [0.25, 0.3) is 0 Å². The lowest BCUT2D eigenvalue weighted by atomic mass is 10.0. The Morgan fingerprint density at radius 2 is 1.59 bits per heavy atom. The molecule has 5 nitrogen and oxygen atoms in total. The first-order chi connectivity index (χ1) is 10.5. The second-order valence-electron chi connectivity index (χ2n) is 4.65. The minimum absolute atomic E-state index is 0.322. The maximum Gasteiger partial charge on any atom is 0.335 e. The predicted octanol–water partition coefficient (Wildman–Crippen LogP) is 2.26. The van der Waals surface area contributed by atoms with E-state index < -0.39 is 24.0 Å². The fraction of sp³-hybridized carbons (Fsp3) is 0.125. The van der Waals surface area contributed by atoms with Gasteiger partial charge in [0.15, 0.2) is 6.10 Å². The molecular weight excluding hydrogens is 306 g/mol. The van der Waals surface area contributed by atoms with E-state index >= 15 is 0 Å². The molecule has 0 saturated carbocycles. The normalized spacial score (nSPS) is 13.2. The number of carboxylic acids is 1. The van der Waals surface area contributed by atoms with Crippen molar-refractivity contribution in [1.29, 1.82) is 0 Å². The molecule has 0 radical (unpaired) electrons. The summed E-state index contributed by atoms with van der Waals surface area (Å²) >= 11 is 5.76. The van der Waals surface area contributed by atoms with E-state index in [1.54, 1.807) is 42.5 Å². The number of aliphatic hydroxyl groups excluding tert-OH is 1. The molecule has 22 heavy (non-hydrogen) atoms. The lowest BCUT2D eigenvalue weighted by Gasteiger charge is -2.22. The van der Waals surface area contributed by atoms with Crippen LogP contribution < -0.4 is 5.32 Å². The SMILES string of the molecule is O=C(N[C@@H](c1ccccc1)[C@@H](O)C(=O)O)c1ccc(Cl)cc1. The van der Waals surface area contributed by atoms with Gasteiger partial charge in [0.25, 0.3) is 5.91 Å². The van der Waals surface area contributed by atoms with Gasteiger partial charge in [0.1, 0.15) is 0 Å². The topological polar surface area (TPSA) is 86.6 Å². The molecule has 2 rings (SSSR count). The molecule has 0 saturated heterocycles. The number of aliphatic hydroxyl groups is 1. The summed E-state index contributed by atoms with van der Waals surface area (Å²) in [6, 6.07) is 13.5. The van der Waals surface area contributed by atoms with Crippen LogP contribution >= 0.6 is 11.6 Å². The monoisotopic (exact) mass is 319 g/mol. The maximum absolute atomic E-state index is 12.2. The van der Waals surface area contributed by atoms with E-state index in [0.717, 1.165) is 0 Å². The van der Waals surface area contributed by atoms with Crippen molar-refractivity contribution in [2.24, 2.45) is 0 Å². The number of halogens is 1. The van der Waals surface area contributed by atoms with Crippen molar-refractivity contribution in [2.75, 3.05) is 0 Å². The van der Waals surface area contributed by atoms with Crippen molar-refractivity contribution in [2.45, 2.75) is 12.1 Å². The highest BCUT2D eigenvalue weighted by atomic mass is 35.5. The van der Waals surface area contributed by atoms with Gasteiger partial charge >= 0.3 is 5.97 Å². The third kappa shape index (κ3) is 3.84. The first-order valence-corrected chi connectivity index (χ1v) is 6.89. The van der Waals surface area contributed by atoms with Crippen molar-refractivity contribution in [1.82, 2.24) is 5.32 Å². The molecule has 0 aliphatic carbocycles. The Morgan fingerprint density at radius 1 is 1.00 bits per heavy atom. The maximum atomic E-state index is 12.2. The summed E-state index contributed by atoms with van der Waals surface area (Å²) in [5.74, 6) is -1.91. The molecule has 3 N–H and O–H groups in total. The van der Waals surface area contributed by atoms with Gasteiger partial charge in [-0.2, -0.15) is 0 Å². The van der Waals surface area contributed by atoms with Gasteiger partial charge in [0, 0.05) is 10.6 Å². The van der Waals surface area contributed by atoms with E-state index in [2.05, 4.69) is 5.32 Å².